The van der Waals surface area contributed by atoms with E-state index in [9.17, 15) is 17.6 Å². The molecule has 1 atom stereocenters. The second kappa shape index (κ2) is 8.51. The number of methoxy groups -OCH3 is 1. The molecular weight excluding hydrogens is 443 g/mol. The fraction of sp³-hybridized carbons (Fsp3) is 0.240. The third kappa shape index (κ3) is 3.64. The number of nitrogens with zero attached hydrogens (tertiary/aromatic N) is 1. The largest absolute Gasteiger partial charge is 0.496 e. The summed E-state index contributed by atoms with van der Waals surface area (Å²) in [5.74, 6) is 0.0131. The highest BCUT2D eigenvalue weighted by atomic mass is 32.2. The first-order valence-corrected chi connectivity index (χ1v) is 12.0. The van der Waals surface area contributed by atoms with E-state index >= 15 is 0 Å². The van der Waals surface area contributed by atoms with Gasteiger partial charge in [-0.2, -0.15) is 0 Å². The number of rotatable bonds is 6. The van der Waals surface area contributed by atoms with Gasteiger partial charge in [-0.05, 0) is 61.4 Å². The van der Waals surface area contributed by atoms with Crippen molar-refractivity contribution in [1.82, 2.24) is 10.2 Å². The first-order valence-electron chi connectivity index (χ1n) is 10.5. The Bertz CT molecular complexity index is 1290. The topological polar surface area (TPSA) is 75.7 Å². The Morgan fingerprint density at radius 3 is 2.42 bits per heavy atom. The van der Waals surface area contributed by atoms with Gasteiger partial charge in [0.25, 0.3) is 0 Å². The van der Waals surface area contributed by atoms with Crippen molar-refractivity contribution in [1.29, 1.82) is 0 Å². The minimum Gasteiger partial charge on any atom is -0.496 e. The van der Waals surface area contributed by atoms with Crippen LogP contribution in [0.2, 0.25) is 0 Å². The van der Waals surface area contributed by atoms with Crippen LogP contribution in [-0.2, 0) is 14.7 Å². The van der Waals surface area contributed by atoms with Crippen molar-refractivity contribution in [2.75, 3.05) is 13.7 Å². The fourth-order valence-electron chi connectivity index (χ4n) is 4.43. The van der Waals surface area contributed by atoms with Crippen LogP contribution in [0.1, 0.15) is 19.4 Å². The summed E-state index contributed by atoms with van der Waals surface area (Å²) in [5.41, 5.74) is 1.47. The van der Waals surface area contributed by atoms with Crippen LogP contribution in [0.15, 0.2) is 77.7 Å². The number of ether oxygens (including phenoxy) is 1. The molecule has 2 amide bonds. The standard InChI is InChI=1S/C25H25FN2O4S/c1-17(2)28-24(29)27-16-25(28,33(30,31)21-10-5-4-6-11-21)19-9-7-8-18(14-19)22-15-20(26)12-13-23(22)32-3/h4-15,17H,16H2,1-3H3,(H,27,29). The number of hydrogen-bond acceptors (Lipinski definition) is 4. The second-order valence-electron chi connectivity index (χ2n) is 8.15. The van der Waals surface area contributed by atoms with Crippen LogP contribution in [0.4, 0.5) is 9.18 Å². The summed E-state index contributed by atoms with van der Waals surface area (Å²) >= 11 is 0. The van der Waals surface area contributed by atoms with Gasteiger partial charge in [0, 0.05) is 11.6 Å². The van der Waals surface area contributed by atoms with E-state index in [1.165, 1.54) is 42.3 Å². The maximum absolute atomic E-state index is 14.1. The maximum Gasteiger partial charge on any atom is 0.319 e. The van der Waals surface area contributed by atoms with Gasteiger partial charge in [-0.1, -0.05) is 36.4 Å². The third-order valence-electron chi connectivity index (χ3n) is 5.89. The molecule has 0 bridgehead atoms. The van der Waals surface area contributed by atoms with E-state index in [1.54, 1.807) is 56.3 Å². The van der Waals surface area contributed by atoms with Crippen LogP contribution < -0.4 is 10.1 Å². The molecule has 1 heterocycles. The highest BCUT2D eigenvalue weighted by Crippen LogP contribution is 2.44. The van der Waals surface area contributed by atoms with Gasteiger partial charge in [0.2, 0.25) is 9.84 Å². The summed E-state index contributed by atoms with van der Waals surface area (Å²) in [7, 11) is -2.58. The summed E-state index contributed by atoms with van der Waals surface area (Å²) < 4.78 is 47.7. The first-order chi connectivity index (χ1) is 15.7. The summed E-state index contributed by atoms with van der Waals surface area (Å²) in [6.07, 6.45) is 0. The van der Waals surface area contributed by atoms with E-state index in [0.717, 1.165) is 0 Å². The summed E-state index contributed by atoms with van der Waals surface area (Å²) in [6.45, 7) is 3.43. The number of urea groups is 1. The molecule has 8 heteroatoms. The van der Waals surface area contributed by atoms with Crippen LogP contribution in [0.25, 0.3) is 11.1 Å². The lowest BCUT2D eigenvalue weighted by Gasteiger charge is -2.39. The van der Waals surface area contributed by atoms with Crippen molar-refractivity contribution in [3.05, 3.63) is 84.2 Å². The van der Waals surface area contributed by atoms with Crippen molar-refractivity contribution < 1.29 is 22.3 Å². The first kappa shape index (κ1) is 22.8. The van der Waals surface area contributed by atoms with Gasteiger partial charge in [-0.25, -0.2) is 17.6 Å². The van der Waals surface area contributed by atoms with E-state index in [2.05, 4.69) is 5.32 Å². The Balaban J connectivity index is 1.99. The molecule has 0 spiro atoms. The van der Waals surface area contributed by atoms with E-state index in [4.69, 9.17) is 4.74 Å². The zero-order valence-electron chi connectivity index (χ0n) is 18.6. The summed E-state index contributed by atoms with van der Waals surface area (Å²) in [6, 6.07) is 18.2. The monoisotopic (exact) mass is 468 g/mol. The van der Waals surface area contributed by atoms with Crippen molar-refractivity contribution in [2.24, 2.45) is 0 Å². The zero-order chi connectivity index (χ0) is 23.8. The van der Waals surface area contributed by atoms with E-state index in [1.807, 2.05) is 0 Å². The van der Waals surface area contributed by atoms with E-state index < -0.39 is 32.6 Å². The molecule has 1 fully saturated rings. The maximum atomic E-state index is 14.1. The van der Waals surface area contributed by atoms with Gasteiger partial charge in [0.1, 0.15) is 11.6 Å². The van der Waals surface area contributed by atoms with Crippen molar-refractivity contribution in [2.45, 2.75) is 29.7 Å². The Labute approximate surface area is 192 Å². The quantitative estimate of drug-likeness (QED) is 0.575. The average Bonchev–Trinajstić information content (AvgIpc) is 3.18. The number of hydrogen-bond donors (Lipinski definition) is 1. The lowest BCUT2D eigenvalue weighted by Crippen LogP contribution is -2.53. The predicted molar refractivity (Wildman–Crippen MR) is 124 cm³/mol. The van der Waals surface area contributed by atoms with Crippen LogP contribution in [0.3, 0.4) is 0 Å². The molecule has 0 saturated carbocycles. The Morgan fingerprint density at radius 1 is 1.03 bits per heavy atom. The van der Waals surface area contributed by atoms with Crippen LogP contribution in [0.5, 0.6) is 5.75 Å². The molecular formula is C25H25FN2O4S. The molecule has 1 unspecified atom stereocenters. The summed E-state index contributed by atoms with van der Waals surface area (Å²) in [5, 5.41) is 2.73. The number of sulfone groups is 1. The van der Waals surface area contributed by atoms with Crippen LogP contribution in [-0.4, -0.2) is 39.0 Å². The lowest BCUT2D eigenvalue weighted by atomic mass is 9.97. The van der Waals surface area contributed by atoms with Gasteiger partial charge in [0.15, 0.2) is 4.87 Å². The Kier molecular flexibility index (Phi) is 5.88. The smallest absolute Gasteiger partial charge is 0.319 e. The number of carbonyl (C=O) groups is 1. The van der Waals surface area contributed by atoms with Gasteiger partial charge in [0.05, 0.1) is 18.6 Å². The van der Waals surface area contributed by atoms with Crippen molar-refractivity contribution in [3.63, 3.8) is 0 Å². The molecule has 0 aromatic heterocycles. The number of carbonyl (C=O) groups excluding carboxylic acids is 1. The highest BCUT2D eigenvalue weighted by Gasteiger charge is 2.58. The molecule has 4 rings (SSSR count). The molecule has 1 saturated heterocycles. The molecule has 1 aliphatic heterocycles. The minimum absolute atomic E-state index is 0.112. The third-order valence-corrected chi connectivity index (χ3v) is 8.25. The minimum atomic E-state index is -4.07. The number of amides is 2. The molecule has 172 valence electrons. The lowest BCUT2D eigenvalue weighted by molar-refractivity contribution is 0.170. The number of nitrogens with one attached hydrogen (secondary N) is 1. The molecule has 1 aliphatic rings. The van der Waals surface area contributed by atoms with E-state index in [0.29, 0.717) is 22.4 Å². The van der Waals surface area contributed by atoms with Crippen LogP contribution >= 0.6 is 0 Å². The molecule has 33 heavy (non-hydrogen) atoms. The molecule has 0 radical (unpaired) electrons. The van der Waals surface area contributed by atoms with E-state index in [-0.39, 0.29) is 11.4 Å². The van der Waals surface area contributed by atoms with Crippen molar-refractivity contribution >= 4 is 15.9 Å². The van der Waals surface area contributed by atoms with Crippen molar-refractivity contribution in [3.8, 4) is 16.9 Å². The molecule has 0 aliphatic carbocycles. The molecule has 3 aromatic carbocycles. The number of benzene rings is 3. The summed E-state index contributed by atoms with van der Waals surface area (Å²) in [4.78, 5) is 12.7. The Hall–Kier alpha value is -3.39. The molecule has 1 N–H and O–H groups in total. The van der Waals surface area contributed by atoms with Gasteiger partial charge < -0.3 is 10.1 Å². The van der Waals surface area contributed by atoms with Crippen LogP contribution in [0, 0.1) is 5.82 Å². The second-order valence-corrected chi connectivity index (χ2v) is 10.3. The fourth-order valence-corrected chi connectivity index (χ4v) is 6.59. The highest BCUT2D eigenvalue weighted by molar-refractivity contribution is 7.92. The SMILES string of the molecule is COc1ccc(F)cc1-c1cccc(C2(S(=O)(=O)c3ccccc3)CNC(=O)N2C(C)C)c1. The zero-order valence-corrected chi connectivity index (χ0v) is 19.4. The van der Waals surface area contributed by atoms with Gasteiger partial charge in [-0.3, -0.25) is 4.90 Å². The normalized spacial score (nSPS) is 18.5. The number of halogens is 1. The molecule has 3 aromatic rings. The predicted octanol–water partition coefficient (Wildman–Crippen LogP) is 4.56. The van der Waals surface area contributed by atoms with Gasteiger partial charge in [-0.15, -0.1) is 0 Å². The Morgan fingerprint density at radius 2 is 1.76 bits per heavy atom. The van der Waals surface area contributed by atoms with Gasteiger partial charge >= 0.3 is 6.03 Å². The average molecular weight is 469 g/mol. The molecule has 6 nitrogen and oxygen atoms in total.